The van der Waals surface area contributed by atoms with Gasteiger partial charge in [-0.05, 0) is 29.9 Å². The van der Waals surface area contributed by atoms with Crippen LogP contribution in [-0.2, 0) is 0 Å². The average Bonchev–Trinajstić information content (AvgIpc) is 2.18. The molecule has 2 nitrogen and oxygen atoms in total. The van der Waals surface area contributed by atoms with Gasteiger partial charge in [0, 0.05) is 4.90 Å². The van der Waals surface area contributed by atoms with Crippen LogP contribution in [0.3, 0.4) is 0 Å². The Bertz CT molecular complexity index is 274. The van der Waals surface area contributed by atoms with Gasteiger partial charge in [-0.15, -0.1) is 12.6 Å². The third-order valence-corrected chi connectivity index (χ3v) is 2.58. The van der Waals surface area contributed by atoms with Crippen molar-refractivity contribution in [2.75, 3.05) is 5.75 Å². The number of thiol groups is 2. The van der Waals surface area contributed by atoms with E-state index >= 15 is 0 Å². The fourth-order valence-electron chi connectivity index (χ4n) is 1.18. The molecule has 4 heteroatoms. The first-order valence-electron chi connectivity index (χ1n) is 4.41. The molecule has 0 saturated heterocycles. The molecule has 0 bridgehead atoms. The standard InChI is InChI=1S/C10H14O2S2/c11-9(5-6-13)10(12)7-1-3-8(14)4-2-7/h1-4,9-14H,5-6H2. The molecule has 0 heterocycles. The largest absolute Gasteiger partial charge is 0.390 e. The monoisotopic (exact) mass is 230 g/mol. The maximum absolute atomic E-state index is 9.70. The number of hydrogen-bond donors (Lipinski definition) is 4. The highest BCUT2D eigenvalue weighted by molar-refractivity contribution is 7.80. The van der Waals surface area contributed by atoms with Gasteiger partial charge < -0.3 is 10.2 Å². The lowest BCUT2D eigenvalue weighted by Gasteiger charge is -2.17. The van der Waals surface area contributed by atoms with Gasteiger partial charge in [0.05, 0.1) is 6.10 Å². The molecule has 0 fully saturated rings. The molecule has 0 aliphatic rings. The fourth-order valence-corrected chi connectivity index (χ4v) is 1.60. The smallest absolute Gasteiger partial charge is 0.105 e. The fraction of sp³-hybridized carbons (Fsp3) is 0.400. The molecule has 14 heavy (non-hydrogen) atoms. The first-order chi connectivity index (χ1) is 6.65. The zero-order valence-corrected chi connectivity index (χ0v) is 9.46. The van der Waals surface area contributed by atoms with Crippen LogP contribution in [0.4, 0.5) is 0 Å². The molecule has 0 aliphatic carbocycles. The van der Waals surface area contributed by atoms with E-state index in [2.05, 4.69) is 25.3 Å². The van der Waals surface area contributed by atoms with E-state index in [0.717, 1.165) is 4.90 Å². The summed E-state index contributed by atoms with van der Waals surface area (Å²) in [6, 6.07) is 7.09. The molecular weight excluding hydrogens is 216 g/mol. The Balaban J connectivity index is 2.68. The minimum atomic E-state index is -0.837. The summed E-state index contributed by atoms with van der Waals surface area (Å²) < 4.78 is 0. The van der Waals surface area contributed by atoms with Crippen molar-refractivity contribution in [3.05, 3.63) is 29.8 Å². The van der Waals surface area contributed by atoms with Crippen LogP contribution >= 0.6 is 25.3 Å². The van der Waals surface area contributed by atoms with Gasteiger partial charge in [0.1, 0.15) is 6.10 Å². The lowest BCUT2D eigenvalue weighted by Crippen LogP contribution is -2.18. The number of aliphatic hydroxyl groups excluding tert-OH is 2. The minimum absolute atomic E-state index is 0.479. The molecule has 0 radical (unpaired) electrons. The van der Waals surface area contributed by atoms with E-state index in [1.54, 1.807) is 24.3 Å². The lowest BCUT2D eigenvalue weighted by molar-refractivity contribution is 0.0172. The van der Waals surface area contributed by atoms with E-state index in [9.17, 15) is 10.2 Å². The van der Waals surface area contributed by atoms with E-state index in [-0.39, 0.29) is 0 Å². The summed E-state index contributed by atoms with van der Waals surface area (Å²) in [5.74, 6) is 0.558. The first kappa shape index (κ1) is 11.9. The second-order valence-electron chi connectivity index (χ2n) is 3.12. The van der Waals surface area contributed by atoms with Crippen molar-refractivity contribution >= 4 is 25.3 Å². The molecule has 1 aromatic carbocycles. The van der Waals surface area contributed by atoms with Crippen LogP contribution in [0, 0.1) is 0 Å². The van der Waals surface area contributed by atoms with E-state index < -0.39 is 12.2 Å². The van der Waals surface area contributed by atoms with Crippen LogP contribution in [-0.4, -0.2) is 22.1 Å². The average molecular weight is 230 g/mol. The first-order valence-corrected chi connectivity index (χ1v) is 5.49. The Morgan fingerprint density at radius 2 is 1.71 bits per heavy atom. The molecule has 0 amide bonds. The number of rotatable bonds is 4. The Kier molecular flexibility index (Phi) is 4.81. The molecule has 1 aromatic rings. The predicted octanol–water partition coefficient (Wildman–Crippen LogP) is 1.69. The predicted molar refractivity (Wildman–Crippen MR) is 63.1 cm³/mol. The summed E-state index contributed by atoms with van der Waals surface area (Å²) in [7, 11) is 0. The second-order valence-corrected chi connectivity index (χ2v) is 4.08. The second kappa shape index (κ2) is 5.66. The third-order valence-electron chi connectivity index (χ3n) is 2.02. The van der Waals surface area contributed by atoms with Crippen LogP contribution in [0.1, 0.15) is 18.1 Å². The summed E-state index contributed by atoms with van der Waals surface area (Å²) in [4.78, 5) is 0.838. The van der Waals surface area contributed by atoms with Gasteiger partial charge in [-0.2, -0.15) is 12.6 Å². The van der Waals surface area contributed by atoms with E-state index in [4.69, 9.17) is 0 Å². The van der Waals surface area contributed by atoms with Gasteiger partial charge in [0.25, 0.3) is 0 Å². The highest BCUT2D eigenvalue weighted by atomic mass is 32.1. The molecule has 78 valence electrons. The molecule has 2 N–H and O–H groups in total. The van der Waals surface area contributed by atoms with E-state index in [1.807, 2.05) is 0 Å². The normalized spacial score (nSPS) is 15.1. The summed E-state index contributed by atoms with van der Waals surface area (Å²) in [5, 5.41) is 19.2. The summed E-state index contributed by atoms with van der Waals surface area (Å²) in [6.07, 6.45) is -1.11. The highest BCUT2D eigenvalue weighted by Crippen LogP contribution is 2.20. The zero-order valence-electron chi connectivity index (χ0n) is 7.67. The summed E-state index contributed by atoms with van der Waals surface area (Å²) >= 11 is 8.14. The van der Waals surface area contributed by atoms with Gasteiger partial charge >= 0.3 is 0 Å². The quantitative estimate of drug-likeness (QED) is 0.595. The Labute approximate surface area is 94.8 Å². The Morgan fingerprint density at radius 3 is 2.21 bits per heavy atom. The molecule has 0 saturated carbocycles. The molecule has 0 spiro atoms. The van der Waals surface area contributed by atoms with Gasteiger partial charge in [0.15, 0.2) is 0 Å². The Morgan fingerprint density at radius 1 is 1.14 bits per heavy atom. The van der Waals surface area contributed by atoms with Crippen molar-refractivity contribution < 1.29 is 10.2 Å². The molecule has 2 unspecified atom stereocenters. The maximum Gasteiger partial charge on any atom is 0.105 e. The minimum Gasteiger partial charge on any atom is -0.390 e. The topological polar surface area (TPSA) is 40.5 Å². The molecule has 2 atom stereocenters. The van der Waals surface area contributed by atoms with Gasteiger partial charge in [-0.3, -0.25) is 0 Å². The summed E-state index contributed by atoms with van der Waals surface area (Å²) in [5.41, 5.74) is 0.706. The molecule has 0 aromatic heterocycles. The van der Waals surface area contributed by atoms with Crippen molar-refractivity contribution in [1.29, 1.82) is 0 Å². The van der Waals surface area contributed by atoms with Crippen molar-refractivity contribution in [3.8, 4) is 0 Å². The number of hydrogen-bond acceptors (Lipinski definition) is 4. The van der Waals surface area contributed by atoms with Crippen LogP contribution in [0.5, 0.6) is 0 Å². The van der Waals surface area contributed by atoms with Crippen LogP contribution in [0.2, 0.25) is 0 Å². The van der Waals surface area contributed by atoms with Gasteiger partial charge in [-0.1, -0.05) is 12.1 Å². The maximum atomic E-state index is 9.70. The van der Waals surface area contributed by atoms with Crippen molar-refractivity contribution in [2.45, 2.75) is 23.5 Å². The van der Waals surface area contributed by atoms with Crippen molar-refractivity contribution in [1.82, 2.24) is 0 Å². The SMILES string of the molecule is OC(CCS)C(O)c1ccc(S)cc1. The van der Waals surface area contributed by atoms with Crippen molar-refractivity contribution in [3.63, 3.8) is 0 Å². The van der Waals surface area contributed by atoms with Gasteiger partial charge in [-0.25, -0.2) is 0 Å². The van der Waals surface area contributed by atoms with Crippen molar-refractivity contribution in [2.24, 2.45) is 0 Å². The van der Waals surface area contributed by atoms with E-state index in [1.165, 1.54) is 0 Å². The number of aliphatic hydroxyl groups is 2. The van der Waals surface area contributed by atoms with Crippen LogP contribution < -0.4 is 0 Å². The van der Waals surface area contributed by atoms with Gasteiger partial charge in [0.2, 0.25) is 0 Å². The number of benzene rings is 1. The van der Waals surface area contributed by atoms with Crippen LogP contribution in [0.25, 0.3) is 0 Å². The molecule has 1 rings (SSSR count). The summed E-state index contributed by atoms with van der Waals surface area (Å²) in [6.45, 7) is 0. The molecular formula is C10H14O2S2. The van der Waals surface area contributed by atoms with Crippen LogP contribution in [0.15, 0.2) is 29.2 Å². The highest BCUT2D eigenvalue weighted by Gasteiger charge is 2.16. The molecule has 0 aliphatic heterocycles. The van der Waals surface area contributed by atoms with E-state index in [0.29, 0.717) is 17.7 Å². The Hall–Kier alpha value is -0.160. The zero-order chi connectivity index (χ0) is 10.6. The third kappa shape index (κ3) is 3.20. The lowest BCUT2D eigenvalue weighted by atomic mass is 10.0.